The van der Waals surface area contributed by atoms with E-state index in [1.165, 1.54) is 0 Å². The van der Waals surface area contributed by atoms with Gasteiger partial charge in [0.05, 0.1) is 0 Å². The van der Waals surface area contributed by atoms with E-state index in [1.54, 1.807) is 0 Å². The summed E-state index contributed by atoms with van der Waals surface area (Å²) in [5.74, 6) is 0. The summed E-state index contributed by atoms with van der Waals surface area (Å²) in [6.07, 6.45) is 0. The lowest BCUT2D eigenvalue weighted by atomic mass is 10.4. The number of nitrogens with one attached hydrogen (secondary N) is 2. The lowest BCUT2D eigenvalue weighted by Gasteiger charge is -2.03. The zero-order valence-corrected chi connectivity index (χ0v) is 8.36. The first-order chi connectivity index (χ1) is 3.31. The summed E-state index contributed by atoms with van der Waals surface area (Å²) in [7, 11) is 0. The number of hydrogen-bond acceptors (Lipinski definition) is 2. The van der Waals surface area contributed by atoms with E-state index in [0.29, 0.717) is 6.04 Å². The van der Waals surface area contributed by atoms with E-state index in [1.807, 2.05) is 0 Å². The summed E-state index contributed by atoms with van der Waals surface area (Å²) in [6, 6.07) is 0.567. The van der Waals surface area contributed by atoms with Crippen molar-refractivity contribution in [1.29, 1.82) is 0 Å². The highest BCUT2D eigenvalue weighted by Crippen LogP contribution is 1.83. The van der Waals surface area contributed by atoms with Gasteiger partial charge in [0, 0.05) is 58.3 Å². The molecule has 0 saturated heterocycles. The SMILES string of the molecule is CC(CNI)NI. The van der Waals surface area contributed by atoms with Crippen molar-refractivity contribution in [2.24, 2.45) is 0 Å². The van der Waals surface area contributed by atoms with Crippen LogP contribution in [0, 0.1) is 0 Å². The van der Waals surface area contributed by atoms with Gasteiger partial charge in [-0.25, -0.2) is 0 Å². The quantitative estimate of drug-likeness (QED) is 0.603. The molecule has 2 N–H and O–H groups in total. The van der Waals surface area contributed by atoms with Gasteiger partial charge < -0.3 is 0 Å². The van der Waals surface area contributed by atoms with Gasteiger partial charge in [0.15, 0.2) is 0 Å². The molecule has 7 heavy (non-hydrogen) atoms. The fourth-order valence-corrected chi connectivity index (χ4v) is 1.04. The Balaban J connectivity index is 2.83. The minimum atomic E-state index is 0.567. The molecular formula is C3H8I2N2. The Labute approximate surface area is 71.8 Å². The molecule has 0 spiro atoms. The second-order valence-corrected chi connectivity index (χ2v) is 2.73. The molecule has 0 aromatic heterocycles. The molecule has 0 heterocycles. The Hall–Kier alpha value is 1.38. The van der Waals surface area contributed by atoms with Gasteiger partial charge in [0.1, 0.15) is 0 Å². The molecule has 4 heteroatoms. The molecule has 0 aliphatic rings. The molecule has 0 rings (SSSR count). The predicted octanol–water partition coefficient (Wildman–Crippen LogP) is 1.25. The van der Waals surface area contributed by atoms with Crippen LogP contribution in [0.3, 0.4) is 0 Å². The van der Waals surface area contributed by atoms with Crippen LogP contribution >= 0.6 is 45.7 Å². The molecule has 0 amide bonds. The molecular weight excluding hydrogens is 318 g/mol. The first-order valence-corrected chi connectivity index (χ1v) is 4.16. The lowest BCUT2D eigenvalue weighted by molar-refractivity contribution is 0.706. The highest BCUT2D eigenvalue weighted by molar-refractivity contribution is 14.1. The molecule has 0 radical (unpaired) electrons. The number of hydrogen-bond donors (Lipinski definition) is 2. The molecule has 1 unspecified atom stereocenters. The zero-order valence-electron chi connectivity index (χ0n) is 4.04. The van der Waals surface area contributed by atoms with E-state index in [-0.39, 0.29) is 0 Å². The Morgan fingerprint density at radius 1 is 1.57 bits per heavy atom. The summed E-state index contributed by atoms with van der Waals surface area (Å²) in [4.78, 5) is 0. The molecule has 0 aromatic rings. The van der Waals surface area contributed by atoms with Crippen LogP contribution in [0.4, 0.5) is 0 Å². The van der Waals surface area contributed by atoms with Gasteiger partial charge in [-0.15, -0.1) is 0 Å². The van der Waals surface area contributed by atoms with Crippen LogP contribution in [-0.2, 0) is 0 Å². The van der Waals surface area contributed by atoms with Crippen molar-refractivity contribution in [1.82, 2.24) is 7.06 Å². The Kier molecular flexibility index (Phi) is 6.60. The van der Waals surface area contributed by atoms with E-state index in [0.717, 1.165) is 6.54 Å². The largest absolute Gasteiger partial charge is 0.260 e. The number of rotatable bonds is 3. The van der Waals surface area contributed by atoms with E-state index in [9.17, 15) is 0 Å². The van der Waals surface area contributed by atoms with Crippen molar-refractivity contribution >= 4 is 45.7 Å². The van der Waals surface area contributed by atoms with Gasteiger partial charge in [-0.3, -0.25) is 7.06 Å². The highest BCUT2D eigenvalue weighted by Gasteiger charge is 1.92. The monoisotopic (exact) mass is 326 g/mol. The third kappa shape index (κ3) is 5.25. The molecule has 0 aromatic carbocycles. The van der Waals surface area contributed by atoms with Gasteiger partial charge >= 0.3 is 0 Å². The first-order valence-electron chi connectivity index (χ1n) is 2.01. The van der Waals surface area contributed by atoms with Crippen molar-refractivity contribution in [3.05, 3.63) is 0 Å². The minimum absolute atomic E-state index is 0.567. The average molecular weight is 326 g/mol. The van der Waals surface area contributed by atoms with Crippen LogP contribution < -0.4 is 7.06 Å². The fraction of sp³-hybridized carbons (Fsp3) is 1.00. The fourth-order valence-electron chi connectivity index (χ4n) is 0.154. The summed E-state index contributed by atoms with van der Waals surface area (Å²) in [5, 5.41) is 0. The normalized spacial score (nSPS) is 14.1. The average Bonchev–Trinajstić information content (AvgIpc) is 1.68. The van der Waals surface area contributed by atoms with Crippen LogP contribution in [0.15, 0.2) is 0 Å². The van der Waals surface area contributed by atoms with Crippen molar-refractivity contribution in [2.75, 3.05) is 6.54 Å². The van der Waals surface area contributed by atoms with Gasteiger partial charge in [-0.2, -0.15) is 0 Å². The predicted molar refractivity (Wildman–Crippen MR) is 48.6 cm³/mol. The van der Waals surface area contributed by atoms with Crippen LogP contribution in [0.25, 0.3) is 0 Å². The molecule has 0 aliphatic carbocycles. The maximum atomic E-state index is 3.07. The Morgan fingerprint density at radius 3 is 2.29 bits per heavy atom. The van der Waals surface area contributed by atoms with Crippen LogP contribution in [0.2, 0.25) is 0 Å². The third-order valence-corrected chi connectivity index (χ3v) is 2.07. The Bertz CT molecular complexity index is 41.9. The summed E-state index contributed by atoms with van der Waals surface area (Å²) in [6.45, 7) is 3.14. The molecule has 1 atom stereocenters. The highest BCUT2D eigenvalue weighted by atomic mass is 127. The van der Waals surface area contributed by atoms with E-state index in [2.05, 4.69) is 59.7 Å². The lowest BCUT2D eigenvalue weighted by Crippen LogP contribution is -2.25. The van der Waals surface area contributed by atoms with Crippen molar-refractivity contribution in [2.45, 2.75) is 13.0 Å². The summed E-state index contributed by atoms with van der Waals surface area (Å²) < 4.78 is 6.09. The molecule has 0 saturated carbocycles. The van der Waals surface area contributed by atoms with Gasteiger partial charge in [-0.05, 0) is 6.92 Å². The molecule has 0 bridgehead atoms. The van der Waals surface area contributed by atoms with E-state index in [4.69, 9.17) is 0 Å². The van der Waals surface area contributed by atoms with E-state index >= 15 is 0 Å². The summed E-state index contributed by atoms with van der Waals surface area (Å²) >= 11 is 4.28. The molecule has 0 fully saturated rings. The van der Waals surface area contributed by atoms with Gasteiger partial charge in [0.2, 0.25) is 0 Å². The van der Waals surface area contributed by atoms with Crippen LogP contribution in [0.1, 0.15) is 6.92 Å². The van der Waals surface area contributed by atoms with Crippen molar-refractivity contribution < 1.29 is 0 Å². The van der Waals surface area contributed by atoms with Crippen molar-refractivity contribution in [3.8, 4) is 0 Å². The minimum Gasteiger partial charge on any atom is -0.260 e. The third-order valence-electron chi connectivity index (χ3n) is 0.570. The van der Waals surface area contributed by atoms with Gasteiger partial charge in [0.25, 0.3) is 0 Å². The first kappa shape index (κ1) is 8.38. The van der Waals surface area contributed by atoms with Crippen molar-refractivity contribution in [3.63, 3.8) is 0 Å². The summed E-state index contributed by atoms with van der Waals surface area (Å²) in [5.41, 5.74) is 0. The zero-order chi connectivity index (χ0) is 5.70. The maximum Gasteiger partial charge on any atom is 0.0268 e. The number of halogens is 2. The standard InChI is InChI=1S/C3H8I2N2/c1-3(7-5)2-6-4/h3,6-7H,2H2,1H3. The topological polar surface area (TPSA) is 24.1 Å². The molecule has 44 valence electrons. The smallest absolute Gasteiger partial charge is 0.0268 e. The second-order valence-electron chi connectivity index (χ2n) is 1.35. The maximum absolute atomic E-state index is 3.07. The van der Waals surface area contributed by atoms with E-state index < -0.39 is 0 Å². The van der Waals surface area contributed by atoms with Crippen LogP contribution in [-0.4, -0.2) is 12.6 Å². The van der Waals surface area contributed by atoms with Crippen LogP contribution in [0.5, 0.6) is 0 Å². The Morgan fingerprint density at radius 2 is 2.14 bits per heavy atom. The molecule has 2 nitrogen and oxygen atoms in total. The van der Waals surface area contributed by atoms with Gasteiger partial charge in [-0.1, -0.05) is 0 Å². The molecule has 0 aliphatic heterocycles. The second kappa shape index (κ2) is 5.52.